The molecule has 0 unspecified atom stereocenters. The number of nitrogens with zero attached hydrogens (tertiary/aromatic N) is 6. The number of halogens is 3. The molecule has 1 aliphatic rings. The zero-order chi connectivity index (χ0) is 29.7. The Kier molecular flexibility index (Phi) is 8.23. The average Bonchev–Trinajstić information content (AvgIpc) is 3.43. The fraction of sp³-hybridized carbons (Fsp3) is 0.226. The first-order valence-electron chi connectivity index (χ1n) is 13.2. The maximum Gasteiger partial charge on any atom is 0.416 e. The maximum atomic E-state index is 12.7. The van der Waals surface area contributed by atoms with Crippen molar-refractivity contribution in [3.63, 3.8) is 0 Å². The molecule has 0 spiro atoms. The van der Waals surface area contributed by atoms with Gasteiger partial charge < -0.3 is 15.6 Å². The van der Waals surface area contributed by atoms with E-state index in [-0.39, 0.29) is 0 Å². The van der Waals surface area contributed by atoms with Gasteiger partial charge in [0, 0.05) is 85.9 Å². The van der Waals surface area contributed by atoms with Crippen LogP contribution in [0.5, 0.6) is 0 Å². The van der Waals surface area contributed by atoms with Crippen LogP contribution in [-0.2, 0) is 6.18 Å². The Morgan fingerprint density at radius 2 is 1.86 bits per heavy atom. The van der Waals surface area contributed by atoms with Gasteiger partial charge in [-0.3, -0.25) is 4.90 Å². The summed E-state index contributed by atoms with van der Waals surface area (Å²) in [5, 5.41) is 24.8. The van der Waals surface area contributed by atoms with E-state index in [0.29, 0.717) is 28.8 Å². The highest BCUT2D eigenvalue weighted by Gasteiger charge is 2.29. The number of rotatable bonds is 6. The van der Waals surface area contributed by atoms with Crippen molar-refractivity contribution in [1.29, 1.82) is 10.7 Å². The Bertz CT molecular complexity index is 1710. The zero-order valence-electron chi connectivity index (χ0n) is 22.8. The molecule has 4 heterocycles. The summed E-state index contributed by atoms with van der Waals surface area (Å²) in [6.07, 6.45) is 3.75. The second-order valence-corrected chi connectivity index (χ2v) is 9.68. The van der Waals surface area contributed by atoms with Crippen molar-refractivity contribution in [3.05, 3.63) is 89.5 Å². The quantitative estimate of drug-likeness (QED) is 0.259. The molecule has 212 valence electrons. The molecule has 1 aliphatic heterocycles. The van der Waals surface area contributed by atoms with E-state index >= 15 is 0 Å². The first-order valence-corrected chi connectivity index (χ1v) is 13.2. The summed E-state index contributed by atoms with van der Waals surface area (Å²) in [6.45, 7) is 3.60. The van der Waals surface area contributed by atoms with Crippen molar-refractivity contribution in [2.24, 2.45) is 0 Å². The van der Waals surface area contributed by atoms with Crippen LogP contribution in [0, 0.1) is 28.6 Å². The summed E-state index contributed by atoms with van der Waals surface area (Å²) in [5.41, 5.74) is 4.06. The Balaban J connectivity index is 1.27. The number of fused-ring (bicyclic) bond motifs is 1. The third kappa shape index (κ3) is 6.12. The van der Waals surface area contributed by atoms with Crippen LogP contribution >= 0.6 is 0 Å². The highest BCUT2D eigenvalue weighted by Crippen LogP contribution is 2.31. The number of allylic oxidation sites excluding steroid dienone is 1. The van der Waals surface area contributed by atoms with Gasteiger partial charge >= 0.3 is 6.18 Å². The molecule has 3 aromatic heterocycles. The van der Waals surface area contributed by atoms with Crippen LogP contribution in [0.15, 0.2) is 67.3 Å². The largest absolute Gasteiger partial charge is 0.416 e. The average molecular weight is 569 g/mol. The minimum Gasteiger partial charge on any atom is -0.393 e. The van der Waals surface area contributed by atoms with E-state index in [0.717, 1.165) is 60.8 Å². The van der Waals surface area contributed by atoms with Crippen LogP contribution in [-0.4, -0.2) is 65.5 Å². The SMILES string of the molecule is CN/C=C(\C=N)c1cc(-c2ccc(N3CCN(CC#Cc4ccc(C(F)(F)F)cc4)CC3)nc2)c2c(C#N)cnn2c1. The monoisotopic (exact) mass is 568 g/mol. The number of benzene rings is 1. The van der Waals surface area contributed by atoms with E-state index in [9.17, 15) is 18.4 Å². The molecule has 42 heavy (non-hydrogen) atoms. The molecular weight excluding hydrogens is 541 g/mol. The fourth-order valence-corrected chi connectivity index (χ4v) is 4.81. The summed E-state index contributed by atoms with van der Waals surface area (Å²) in [5.74, 6) is 6.85. The van der Waals surface area contributed by atoms with E-state index < -0.39 is 11.7 Å². The summed E-state index contributed by atoms with van der Waals surface area (Å²) < 4.78 is 39.9. The lowest BCUT2D eigenvalue weighted by Gasteiger charge is -2.34. The molecule has 5 rings (SSSR count). The van der Waals surface area contributed by atoms with Crippen molar-refractivity contribution in [1.82, 2.24) is 24.8 Å². The van der Waals surface area contributed by atoms with Crippen molar-refractivity contribution < 1.29 is 13.2 Å². The van der Waals surface area contributed by atoms with Gasteiger partial charge in [0.2, 0.25) is 0 Å². The van der Waals surface area contributed by atoms with Gasteiger partial charge in [-0.15, -0.1) is 0 Å². The number of anilines is 1. The lowest BCUT2D eigenvalue weighted by Crippen LogP contribution is -2.46. The van der Waals surface area contributed by atoms with Crippen LogP contribution < -0.4 is 10.2 Å². The third-order valence-corrected chi connectivity index (χ3v) is 7.02. The van der Waals surface area contributed by atoms with Crippen LogP contribution in [0.25, 0.3) is 22.2 Å². The zero-order valence-corrected chi connectivity index (χ0v) is 22.8. The maximum absolute atomic E-state index is 12.7. The molecule has 0 aliphatic carbocycles. The molecule has 1 aromatic carbocycles. The Labute approximate surface area is 241 Å². The molecule has 1 fully saturated rings. The topological polar surface area (TPSA) is 96.3 Å². The van der Waals surface area contributed by atoms with Gasteiger partial charge in [-0.25, -0.2) is 9.50 Å². The predicted molar refractivity (Wildman–Crippen MR) is 156 cm³/mol. The third-order valence-electron chi connectivity index (χ3n) is 7.02. The van der Waals surface area contributed by atoms with Gasteiger partial charge in [-0.2, -0.15) is 23.5 Å². The number of nitrogens with one attached hydrogen (secondary N) is 2. The highest BCUT2D eigenvalue weighted by molar-refractivity contribution is 6.08. The number of alkyl halides is 3. The fourth-order valence-electron chi connectivity index (χ4n) is 4.81. The molecule has 0 amide bonds. The van der Waals surface area contributed by atoms with E-state index in [1.807, 2.05) is 18.2 Å². The van der Waals surface area contributed by atoms with E-state index in [1.54, 1.807) is 30.2 Å². The Hall–Kier alpha value is -5.13. The number of nitriles is 1. The van der Waals surface area contributed by atoms with Gasteiger partial charge in [0.1, 0.15) is 11.9 Å². The second kappa shape index (κ2) is 12.2. The van der Waals surface area contributed by atoms with Crippen molar-refractivity contribution in [3.8, 4) is 29.0 Å². The van der Waals surface area contributed by atoms with Gasteiger partial charge in [-0.1, -0.05) is 11.8 Å². The molecule has 0 radical (unpaired) electrons. The molecule has 8 nitrogen and oxygen atoms in total. The number of piperazine rings is 1. The molecule has 0 bridgehead atoms. The van der Waals surface area contributed by atoms with Gasteiger partial charge in [0.25, 0.3) is 0 Å². The van der Waals surface area contributed by atoms with Gasteiger partial charge in [0.05, 0.1) is 29.4 Å². The van der Waals surface area contributed by atoms with E-state index in [2.05, 4.69) is 38.1 Å². The lowest BCUT2D eigenvalue weighted by molar-refractivity contribution is -0.137. The van der Waals surface area contributed by atoms with Crippen LogP contribution in [0.4, 0.5) is 19.0 Å². The molecule has 1 saturated heterocycles. The molecule has 11 heteroatoms. The minimum atomic E-state index is -4.35. The Morgan fingerprint density at radius 1 is 1.10 bits per heavy atom. The molecular formula is C31H27F3N8. The molecule has 0 saturated carbocycles. The second-order valence-electron chi connectivity index (χ2n) is 9.68. The van der Waals surface area contributed by atoms with E-state index in [1.165, 1.54) is 24.5 Å². The number of pyridine rings is 2. The van der Waals surface area contributed by atoms with Crippen LogP contribution in [0.3, 0.4) is 0 Å². The summed E-state index contributed by atoms with van der Waals surface area (Å²) >= 11 is 0. The van der Waals surface area contributed by atoms with Crippen LogP contribution in [0.2, 0.25) is 0 Å². The standard InChI is InChI=1S/C31H27F3N8/c1-37-18-25(16-35)24-15-28(30-26(17-36)20-39-42(30)21-24)23-6-9-29(38-19-23)41-13-11-40(12-14-41)10-2-3-22-4-7-27(8-5-22)31(32,33)34/h4-9,15-16,18-21,35,37H,10-14H2,1H3/b25-18+,35-16?. The van der Waals surface area contributed by atoms with Gasteiger partial charge in [-0.05, 0) is 42.5 Å². The first-order chi connectivity index (χ1) is 20.3. The first kappa shape index (κ1) is 28.4. The predicted octanol–water partition coefficient (Wildman–Crippen LogP) is 4.67. The smallest absolute Gasteiger partial charge is 0.393 e. The van der Waals surface area contributed by atoms with E-state index in [4.69, 9.17) is 10.4 Å². The minimum absolute atomic E-state index is 0.451. The normalized spacial score (nSPS) is 14.3. The number of hydrogen-bond donors (Lipinski definition) is 2. The van der Waals surface area contributed by atoms with Crippen LogP contribution in [0.1, 0.15) is 22.3 Å². The molecule has 0 atom stereocenters. The van der Waals surface area contributed by atoms with Crippen molar-refractivity contribution in [2.75, 3.05) is 44.7 Å². The summed E-state index contributed by atoms with van der Waals surface area (Å²) in [4.78, 5) is 9.12. The summed E-state index contributed by atoms with van der Waals surface area (Å²) in [6, 6.07) is 13.0. The molecule has 2 N–H and O–H groups in total. The highest BCUT2D eigenvalue weighted by atomic mass is 19.4. The number of aromatic nitrogens is 3. The number of hydrogen-bond acceptors (Lipinski definition) is 7. The lowest BCUT2D eigenvalue weighted by atomic mass is 10.0. The van der Waals surface area contributed by atoms with Crippen molar-refractivity contribution >= 4 is 23.1 Å². The Morgan fingerprint density at radius 3 is 2.48 bits per heavy atom. The van der Waals surface area contributed by atoms with Crippen molar-refractivity contribution in [2.45, 2.75) is 6.18 Å². The van der Waals surface area contributed by atoms with Gasteiger partial charge in [0.15, 0.2) is 0 Å². The molecule has 4 aromatic rings. The summed E-state index contributed by atoms with van der Waals surface area (Å²) in [7, 11) is 1.77.